The van der Waals surface area contributed by atoms with E-state index < -0.39 is 10.0 Å². The number of hydrogen-bond acceptors (Lipinski definition) is 3. The number of allylic oxidation sites excluding steroid dienone is 1. The van der Waals surface area contributed by atoms with Crippen LogP contribution in [-0.4, -0.2) is 20.7 Å². The van der Waals surface area contributed by atoms with Crippen LogP contribution in [0, 0.1) is 0 Å². The van der Waals surface area contributed by atoms with Crippen LogP contribution in [0.4, 0.5) is 0 Å². The highest BCUT2D eigenvalue weighted by atomic mass is 35.5. The average Bonchev–Trinajstić information content (AvgIpc) is 2.43. The Morgan fingerprint density at radius 3 is 2.24 bits per heavy atom. The van der Waals surface area contributed by atoms with Crippen molar-refractivity contribution >= 4 is 22.4 Å². The van der Waals surface area contributed by atoms with Crippen molar-refractivity contribution in [2.24, 2.45) is 5.73 Å². The van der Waals surface area contributed by atoms with E-state index in [1.807, 2.05) is 24.3 Å². The van der Waals surface area contributed by atoms with Crippen LogP contribution in [0.3, 0.4) is 0 Å². The number of halogens is 1. The number of nitrogens with two attached hydrogens (primary N) is 1. The Balaban J connectivity index is 0.00000400. The Morgan fingerprint density at radius 2 is 1.76 bits per heavy atom. The average molecular weight is 333 g/mol. The third-order valence-electron chi connectivity index (χ3n) is 3.15. The Bertz CT molecular complexity index is 527. The highest BCUT2D eigenvalue weighted by Gasteiger charge is 2.12. The minimum Gasteiger partial charge on any atom is -0.323 e. The zero-order valence-corrected chi connectivity index (χ0v) is 14.2. The largest absolute Gasteiger partial charge is 0.323 e. The molecular formula is C15H25ClN2O2S. The highest BCUT2D eigenvalue weighted by Crippen LogP contribution is 2.17. The van der Waals surface area contributed by atoms with E-state index in [0.717, 1.165) is 5.56 Å². The molecule has 0 aliphatic carbocycles. The molecule has 0 radical (unpaired) electrons. The summed E-state index contributed by atoms with van der Waals surface area (Å²) < 4.78 is 25.8. The molecule has 0 spiro atoms. The molecule has 0 fully saturated rings. The van der Waals surface area contributed by atoms with E-state index in [-0.39, 0.29) is 30.7 Å². The Labute approximate surface area is 134 Å². The highest BCUT2D eigenvalue weighted by molar-refractivity contribution is 7.89. The molecule has 6 heteroatoms. The van der Waals surface area contributed by atoms with Gasteiger partial charge in [0.05, 0.1) is 5.75 Å². The molecule has 1 atom stereocenters. The molecule has 0 heterocycles. The van der Waals surface area contributed by atoms with Gasteiger partial charge in [0.1, 0.15) is 0 Å². The van der Waals surface area contributed by atoms with Crippen LogP contribution >= 0.6 is 12.4 Å². The van der Waals surface area contributed by atoms with E-state index >= 15 is 0 Å². The number of benzene rings is 1. The van der Waals surface area contributed by atoms with Gasteiger partial charge in [0.25, 0.3) is 0 Å². The topological polar surface area (TPSA) is 72.2 Å². The van der Waals surface area contributed by atoms with Crippen molar-refractivity contribution < 1.29 is 8.42 Å². The van der Waals surface area contributed by atoms with E-state index in [1.165, 1.54) is 5.56 Å². The molecule has 0 aromatic heterocycles. The summed E-state index contributed by atoms with van der Waals surface area (Å²) in [5, 5.41) is 0. The number of nitrogens with one attached hydrogen (secondary N) is 1. The maximum atomic E-state index is 11.7. The second-order valence-electron chi connectivity index (χ2n) is 5.17. The first kappa shape index (κ1) is 20.1. The quantitative estimate of drug-likeness (QED) is 0.719. The minimum atomic E-state index is -3.27. The second kappa shape index (κ2) is 9.20. The molecule has 0 bridgehead atoms. The van der Waals surface area contributed by atoms with Gasteiger partial charge in [-0.15, -0.1) is 19.0 Å². The van der Waals surface area contributed by atoms with Gasteiger partial charge in [0, 0.05) is 12.6 Å². The molecule has 21 heavy (non-hydrogen) atoms. The summed E-state index contributed by atoms with van der Waals surface area (Å²) in [6, 6.07) is 7.64. The summed E-state index contributed by atoms with van der Waals surface area (Å²) in [5.74, 6) is 0.521. The molecule has 0 aliphatic heterocycles. The molecule has 1 aromatic carbocycles. The molecule has 0 aliphatic rings. The lowest BCUT2D eigenvalue weighted by molar-refractivity contribution is 0.572. The minimum absolute atomic E-state index is 0. The fraction of sp³-hybridized carbons (Fsp3) is 0.467. The molecule has 120 valence electrons. The molecular weight excluding hydrogens is 308 g/mol. The van der Waals surface area contributed by atoms with E-state index in [0.29, 0.717) is 12.3 Å². The van der Waals surface area contributed by atoms with Gasteiger partial charge in [-0.2, -0.15) is 0 Å². The van der Waals surface area contributed by atoms with E-state index in [1.54, 1.807) is 6.08 Å². The first-order valence-corrected chi connectivity index (χ1v) is 8.44. The van der Waals surface area contributed by atoms with Crippen LogP contribution in [0.5, 0.6) is 0 Å². The van der Waals surface area contributed by atoms with Crippen LogP contribution < -0.4 is 10.5 Å². The van der Waals surface area contributed by atoms with Crippen molar-refractivity contribution in [1.82, 2.24) is 4.72 Å². The summed E-state index contributed by atoms with van der Waals surface area (Å²) in [4.78, 5) is 0. The lowest BCUT2D eigenvalue weighted by Gasteiger charge is -2.14. The Hall–Kier alpha value is -0.880. The van der Waals surface area contributed by atoms with Gasteiger partial charge < -0.3 is 5.73 Å². The smallest absolute Gasteiger partial charge is 0.211 e. The Morgan fingerprint density at radius 1 is 1.24 bits per heavy atom. The van der Waals surface area contributed by atoms with Gasteiger partial charge in [-0.05, 0) is 23.5 Å². The van der Waals surface area contributed by atoms with E-state index in [4.69, 9.17) is 5.73 Å². The normalized spacial score (nSPS) is 12.8. The van der Waals surface area contributed by atoms with Gasteiger partial charge in [0.2, 0.25) is 10.0 Å². The van der Waals surface area contributed by atoms with Crippen molar-refractivity contribution in [3.05, 3.63) is 48.0 Å². The summed E-state index contributed by atoms with van der Waals surface area (Å²) in [6.07, 6.45) is 2.03. The first-order valence-electron chi connectivity index (χ1n) is 6.79. The van der Waals surface area contributed by atoms with Gasteiger partial charge in [-0.3, -0.25) is 0 Å². The fourth-order valence-corrected chi connectivity index (χ4v) is 2.83. The fourth-order valence-electron chi connectivity index (χ4n) is 1.77. The summed E-state index contributed by atoms with van der Waals surface area (Å²) in [5.41, 5.74) is 8.18. The SMILES string of the molecule is C=CCCS(=O)(=O)NCC(N)c1ccc(C(C)C)cc1.Cl. The summed E-state index contributed by atoms with van der Waals surface area (Å²) in [6.45, 7) is 7.98. The van der Waals surface area contributed by atoms with Crippen LogP contribution in [0.1, 0.15) is 43.4 Å². The van der Waals surface area contributed by atoms with Crippen molar-refractivity contribution in [3.63, 3.8) is 0 Å². The standard InChI is InChI=1S/C15H24N2O2S.ClH/c1-4-5-10-20(18,19)17-11-15(16)14-8-6-13(7-9-14)12(2)3;/h4,6-9,12,15,17H,1,5,10-11,16H2,2-3H3;1H. The van der Waals surface area contributed by atoms with Gasteiger partial charge in [-0.25, -0.2) is 13.1 Å². The maximum Gasteiger partial charge on any atom is 0.211 e. The van der Waals surface area contributed by atoms with Crippen LogP contribution in [-0.2, 0) is 10.0 Å². The summed E-state index contributed by atoms with van der Waals surface area (Å²) >= 11 is 0. The zero-order chi connectivity index (χ0) is 15.2. The summed E-state index contributed by atoms with van der Waals surface area (Å²) in [7, 11) is -3.27. The zero-order valence-electron chi connectivity index (χ0n) is 12.6. The molecule has 0 amide bonds. The van der Waals surface area contributed by atoms with Crippen molar-refractivity contribution in [1.29, 1.82) is 0 Å². The number of hydrogen-bond donors (Lipinski definition) is 2. The third kappa shape index (κ3) is 7.09. The molecule has 1 aromatic rings. The third-order valence-corrected chi connectivity index (χ3v) is 4.52. The van der Waals surface area contributed by atoms with Gasteiger partial charge in [-0.1, -0.05) is 44.2 Å². The number of rotatable bonds is 8. The van der Waals surface area contributed by atoms with Crippen molar-refractivity contribution in [2.75, 3.05) is 12.3 Å². The molecule has 3 N–H and O–H groups in total. The van der Waals surface area contributed by atoms with Gasteiger partial charge >= 0.3 is 0 Å². The van der Waals surface area contributed by atoms with Crippen LogP contribution in [0.15, 0.2) is 36.9 Å². The molecule has 0 saturated carbocycles. The van der Waals surface area contributed by atoms with Crippen LogP contribution in [0.25, 0.3) is 0 Å². The molecule has 4 nitrogen and oxygen atoms in total. The predicted octanol–water partition coefficient (Wildman–Crippen LogP) is 2.73. The van der Waals surface area contributed by atoms with Crippen molar-refractivity contribution in [2.45, 2.75) is 32.2 Å². The Kier molecular flexibility index (Phi) is 8.82. The lowest BCUT2D eigenvalue weighted by atomic mass is 9.99. The van der Waals surface area contributed by atoms with Crippen LogP contribution in [0.2, 0.25) is 0 Å². The predicted molar refractivity (Wildman–Crippen MR) is 91.3 cm³/mol. The molecule has 1 rings (SSSR count). The number of sulfonamides is 1. The molecule has 0 saturated heterocycles. The monoisotopic (exact) mass is 332 g/mol. The van der Waals surface area contributed by atoms with E-state index in [2.05, 4.69) is 25.1 Å². The maximum absolute atomic E-state index is 11.7. The first-order chi connectivity index (χ1) is 9.35. The van der Waals surface area contributed by atoms with Crippen molar-refractivity contribution in [3.8, 4) is 0 Å². The second-order valence-corrected chi connectivity index (χ2v) is 7.10. The lowest BCUT2D eigenvalue weighted by Crippen LogP contribution is -2.33. The van der Waals surface area contributed by atoms with Gasteiger partial charge in [0.15, 0.2) is 0 Å². The molecule has 1 unspecified atom stereocenters. The van der Waals surface area contributed by atoms with E-state index in [9.17, 15) is 8.42 Å².